The van der Waals surface area contributed by atoms with Crippen LogP contribution in [0.25, 0.3) is 0 Å². The quantitative estimate of drug-likeness (QED) is 0.179. The van der Waals surface area contributed by atoms with Gasteiger partial charge in [0.15, 0.2) is 0 Å². The standard InChI is InChI=1S/C27H49O5P/c1-7-11-13-21(9-3)18-27(33(30,31)32,19-22(10-4)14-12-8-2)20-26(5,6)24-16-15-23(28)17-25(24)29/h15-17,21-22,28-29H,7-14,18-20H2,1-6H3,(H2,30,31,32). The van der Waals surface area contributed by atoms with Crippen molar-refractivity contribution in [3.8, 4) is 11.5 Å². The molecule has 2 unspecified atom stereocenters. The van der Waals surface area contributed by atoms with E-state index in [1.165, 1.54) is 12.1 Å². The highest BCUT2D eigenvalue weighted by Crippen LogP contribution is 2.62. The molecule has 0 spiro atoms. The summed E-state index contributed by atoms with van der Waals surface area (Å²) in [5.41, 5.74) is -0.0632. The second-order valence-electron chi connectivity index (χ2n) is 10.8. The Bertz CT molecular complexity index is 737. The van der Waals surface area contributed by atoms with Crippen molar-refractivity contribution in [3.05, 3.63) is 23.8 Å². The summed E-state index contributed by atoms with van der Waals surface area (Å²) in [7, 11) is -4.48. The van der Waals surface area contributed by atoms with Crippen molar-refractivity contribution in [2.45, 2.75) is 123 Å². The van der Waals surface area contributed by atoms with Crippen molar-refractivity contribution in [1.82, 2.24) is 0 Å². The number of unbranched alkanes of at least 4 members (excludes halogenated alkanes) is 2. The topological polar surface area (TPSA) is 98.0 Å². The lowest BCUT2D eigenvalue weighted by molar-refractivity contribution is 0.203. The number of rotatable bonds is 16. The smallest absolute Gasteiger partial charge is 0.331 e. The van der Waals surface area contributed by atoms with Gasteiger partial charge in [0, 0.05) is 6.07 Å². The van der Waals surface area contributed by atoms with E-state index in [1.807, 2.05) is 13.8 Å². The number of hydrogen-bond acceptors (Lipinski definition) is 3. The Kier molecular flexibility index (Phi) is 12.0. The summed E-state index contributed by atoms with van der Waals surface area (Å²) >= 11 is 0. The average Bonchev–Trinajstić information content (AvgIpc) is 2.72. The molecular weight excluding hydrogens is 435 g/mol. The predicted molar refractivity (Wildman–Crippen MR) is 138 cm³/mol. The highest BCUT2D eigenvalue weighted by Gasteiger charge is 2.51. The molecule has 0 bridgehead atoms. The SMILES string of the molecule is CCCCC(CC)CC(CC(CC)CCCC)(CC(C)(C)c1ccc(O)cc1O)P(=O)(O)O. The van der Waals surface area contributed by atoms with Crippen LogP contribution >= 0.6 is 7.60 Å². The van der Waals surface area contributed by atoms with Crippen molar-refractivity contribution in [2.24, 2.45) is 11.8 Å². The number of phenolic OH excluding ortho intramolecular Hbond substituents is 2. The van der Waals surface area contributed by atoms with E-state index < -0.39 is 18.2 Å². The lowest BCUT2D eigenvalue weighted by atomic mass is 9.70. The Morgan fingerprint density at radius 3 is 1.73 bits per heavy atom. The first-order valence-electron chi connectivity index (χ1n) is 12.9. The van der Waals surface area contributed by atoms with Crippen molar-refractivity contribution in [3.63, 3.8) is 0 Å². The van der Waals surface area contributed by atoms with E-state index in [0.29, 0.717) is 18.4 Å². The van der Waals surface area contributed by atoms with Gasteiger partial charge in [0.1, 0.15) is 11.5 Å². The average molecular weight is 485 g/mol. The van der Waals surface area contributed by atoms with E-state index in [4.69, 9.17) is 0 Å². The largest absolute Gasteiger partial charge is 0.508 e. The van der Waals surface area contributed by atoms with Crippen LogP contribution in [0.15, 0.2) is 18.2 Å². The third kappa shape index (κ3) is 8.60. The first-order valence-corrected chi connectivity index (χ1v) is 14.5. The molecule has 1 aromatic rings. The van der Waals surface area contributed by atoms with Crippen LogP contribution in [0.3, 0.4) is 0 Å². The molecule has 0 aromatic heterocycles. The normalized spacial score (nSPS) is 16.4. The van der Waals surface area contributed by atoms with Crippen molar-refractivity contribution >= 4 is 7.60 Å². The Hall–Kier alpha value is -1.03. The van der Waals surface area contributed by atoms with Gasteiger partial charge in [-0.1, -0.05) is 99.0 Å². The van der Waals surface area contributed by atoms with E-state index in [-0.39, 0.29) is 29.8 Å². The maximum absolute atomic E-state index is 13.3. The lowest BCUT2D eigenvalue weighted by Gasteiger charge is -2.44. The first kappa shape index (κ1) is 30.0. The minimum Gasteiger partial charge on any atom is -0.508 e. The van der Waals surface area contributed by atoms with Gasteiger partial charge in [0.25, 0.3) is 0 Å². The monoisotopic (exact) mass is 484 g/mol. The minimum atomic E-state index is -4.48. The summed E-state index contributed by atoms with van der Waals surface area (Å²) in [4.78, 5) is 21.8. The highest BCUT2D eigenvalue weighted by atomic mass is 31.2. The number of hydrogen-bond donors (Lipinski definition) is 4. The van der Waals surface area contributed by atoms with Gasteiger partial charge in [0.2, 0.25) is 0 Å². The van der Waals surface area contributed by atoms with Crippen LogP contribution in [0.5, 0.6) is 11.5 Å². The van der Waals surface area contributed by atoms with E-state index >= 15 is 0 Å². The molecular formula is C27H49O5P. The van der Waals surface area contributed by atoms with Gasteiger partial charge >= 0.3 is 7.60 Å². The molecule has 192 valence electrons. The molecule has 0 amide bonds. The molecule has 0 fully saturated rings. The van der Waals surface area contributed by atoms with Gasteiger partial charge in [-0.25, -0.2) is 0 Å². The van der Waals surface area contributed by atoms with Crippen LogP contribution < -0.4 is 0 Å². The Morgan fingerprint density at radius 2 is 1.36 bits per heavy atom. The molecule has 33 heavy (non-hydrogen) atoms. The second-order valence-corrected chi connectivity index (χ2v) is 12.8. The summed E-state index contributed by atoms with van der Waals surface area (Å²) in [5, 5.41) is 19.2. The summed E-state index contributed by atoms with van der Waals surface area (Å²) in [5.74, 6) is 0.455. The van der Waals surface area contributed by atoms with Gasteiger partial charge in [-0.15, -0.1) is 0 Å². The number of aromatic hydroxyl groups is 2. The highest BCUT2D eigenvalue weighted by molar-refractivity contribution is 7.53. The molecule has 1 aromatic carbocycles. The summed E-state index contributed by atoms with van der Waals surface area (Å²) in [6, 6.07) is 4.52. The molecule has 0 aliphatic rings. The third-order valence-electron chi connectivity index (χ3n) is 7.52. The van der Waals surface area contributed by atoms with Gasteiger partial charge in [0.05, 0.1) is 5.16 Å². The Balaban J connectivity index is 3.52. The van der Waals surface area contributed by atoms with Gasteiger partial charge in [-0.05, 0) is 48.1 Å². The zero-order chi connectivity index (χ0) is 25.3. The van der Waals surface area contributed by atoms with E-state index in [1.54, 1.807) is 6.07 Å². The zero-order valence-corrected chi connectivity index (χ0v) is 22.7. The van der Waals surface area contributed by atoms with Crippen LogP contribution in [0, 0.1) is 11.8 Å². The minimum absolute atomic E-state index is 0.0236. The molecule has 6 heteroatoms. The summed E-state index contributed by atoms with van der Waals surface area (Å²) in [6.07, 6.45) is 9.30. The van der Waals surface area contributed by atoms with Crippen LogP contribution in [-0.4, -0.2) is 25.2 Å². The molecule has 5 nitrogen and oxygen atoms in total. The van der Waals surface area contributed by atoms with Gasteiger partial charge < -0.3 is 20.0 Å². The molecule has 0 aliphatic carbocycles. The van der Waals surface area contributed by atoms with Gasteiger partial charge in [-0.2, -0.15) is 0 Å². The van der Waals surface area contributed by atoms with Crippen LogP contribution in [0.2, 0.25) is 0 Å². The molecule has 1 rings (SSSR count). The molecule has 0 saturated heterocycles. The zero-order valence-electron chi connectivity index (χ0n) is 21.8. The fourth-order valence-electron chi connectivity index (χ4n) is 5.54. The van der Waals surface area contributed by atoms with Crippen LogP contribution in [0.4, 0.5) is 0 Å². The fourth-order valence-corrected chi connectivity index (χ4v) is 7.13. The number of phenols is 2. The van der Waals surface area contributed by atoms with Crippen molar-refractivity contribution < 1.29 is 24.6 Å². The van der Waals surface area contributed by atoms with Crippen LogP contribution in [-0.2, 0) is 9.98 Å². The Morgan fingerprint density at radius 1 is 0.879 bits per heavy atom. The molecule has 2 atom stereocenters. The summed E-state index contributed by atoms with van der Waals surface area (Å²) in [6.45, 7) is 12.4. The molecule has 0 heterocycles. The molecule has 0 aliphatic heterocycles. The van der Waals surface area contributed by atoms with Crippen LogP contribution in [0.1, 0.15) is 118 Å². The molecule has 0 saturated carbocycles. The molecule has 4 N–H and O–H groups in total. The maximum Gasteiger partial charge on any atom is 0.331 e. The van der Waals surface area contributed by atoms with Gasteiger partial charge in [-0.3, -0.25) is 4.57 Å². The Labute approximate surface area is 202 Å². The van der Waals surface area contributed by atoms with Crippen molar-refractivity contribution in [2.75, 3.05) is 0 Å². The number of benzene rings is 1. The third-order valence-corrected chi connectivity index (χ3v) is 9.28. The van der Waals surface area contributed by atoms with E-state index in [2.05, 4.69) is 27.7 Å². The predicted octanol–water partition coefficient (Wildman–Crippen LogP) is 7.90. The lowest BCUT2D eigenvalue weighted by Crippen LogP contribution is -2.40. The van der Waals surface area contributed by atoms with Crippen molar-refractivity contribution in [1.29, 1.82) is 0 Å². The molecule has 0 radical (unpaired) electrons. The second kappa shape index (κ2) is 13.2. The summed E-state index contributed by atoms with van der Waals surface area (Å²) < 4.78 is 13.3. The fraction of sp³-hybridized carbons (Fsp3) is 0.778. The van der Waals surface area contributed by atoms with E-state index in [9.17, 15) is 24.6 Å². The maximum atomic E-state index is 13.3. The first-order chi connectivity index (χ1) is 15.4. The van der Waals surface area contributed by atoms with E-state index in [0.717, 1.165) is 51.4 Å².